The maximum absolute atomic E-state index is 4.43. The number of anilines is 1. The molecular formula is C13H18N4. The molecule has 0 amide bonds. The molecule has 2 aromatic rings. The van der Waals surface area contributed by atoms with E-state index in [0.717, 1.165) is 24.3 Å². The third-order valence-corrected chi connectivity index (χ3v) is 3.04. The zero-order valence-corrected chi connectivity index (χ0v) is 10.6. The molecule has 2 heterocycles. The van der Waals surface area contributed by atoms with Gasteiger partial charge in [-0.2, -0.15) is 0 Å². The Bertz CT molecular complexity index is 508. The molecule has 2 aromatic heterocycles. The number of fused-ring (bicyclic) bond motifs is 1. The van der Waals surface area contributed by atoms with Gasteiger partial charge in [-0.3, -0.25) is 4.98 Å². The van der Waals surface area contributed by atoms with Gasteiger partial charge in [-0.05, 0) is 24.0 Å². The summed E-state index contributed by atoms with van der Waals surface area (Å²) in [5.41, 5.74) is 1.79. The van der Waals surface area contributed by atoms with Gasteiger partial charge in [0.1, 0.15) is 11.3 Å². The molecule has 17 heavy (non-hydrogen) atoms. The van der Waals surface area contributed by atoms with E-state index in [1.54, 1.807) is 12.4 Å². The van der Waals surface area contributed by atoms with Crippen molar-refractivity contribution in [2.45, 2.75) is 27.2 Å². The Labute approximate surface area is 102 Å². The van der Waals surface area contributed by atoms with Crippen LogP contribution in [0.3, 0.4) is 0 Å². The van der Waals surface area contributed by atoms with Crippen LogP contribution in [0, 0.1) is 5.41 Å². The molecule has 0 unspecified atom stereocenters. The first-order valence-electron chi connectivity index (χ1n) is 5.92. The third kappa shape index (κ3) is 2.90. The minimum absolute atomic E-state index is 0.277. The van der Waals surface area contributed by atoms with Crippen molar-refractivity contribution >= 4 is 17.0 Å². The second-order valence-corrected chi connectivity index (χ2v) is 4.97. The summed E-state index contributed by atoms with van der Waals surface area (Å²) in [4.78, 5) is 12.8. The van der Waals surface area contributed by atoms with Gasteiger partial charge in [0, 0.05) is 18.9 Å². The first-order chi connectivity index (χ1) is 8.11. The van der Waals surface area contributed by atoms with Crippen LogP contribution in [-0.2, 0) is 0 Å². The van der Waals surface area contributed by atoms with Crippen LogP contribution >= 0.6 is 0 Å². The Hall–Kier alpha value is -1.71. The second kappa shape index (κ2) is 4.65. The van der Waals surface area contributed by atoms with Crippen LogP contribution < -0.4 is 5.32 Å². The fraction of sp³-hybridized carbons (Fsp3) is 0.462. The van der Waals surface area contributed by atoms with E-state index >= 15 is 0 Å². The Kier molecular flexibility index (Phi) is 3.22. The lowest BCUT2D eigenvalue weighted by atomic mass is 9.90. The van der Waals surface area contributed by atoms with Gasteiger partial charge in [0.05, 0.1) is 0 Å². The van der Waals surface area contributed by atoms with Gasteiger partial charge in [-0.25, -0.2) is 9.97 Å². The summed E-state index contributed by atoms with van der Waals surface area (Å²) in [7, 11) is 0. The molecule has 0 atom stereocenters. The quantitative estimate of drug-likeness (QED) is 0.877. The van der Waals surface area contributed by atoms with Crippen molar-refractivity contribution in [1.82, 2.24) is 15.0 Å². The maximum atomic E-state index is 4.43. The number of nitrogens with one attached hydrogen (secondary N) is 1. The number of rotatable bonds is 4. The number of hydrogen-bond donors (Lipinski definition) is 1. The summed E-state index contributed by atoms with van der Waals surface area (Å²) in [6.07, 6.45) is 4.47. The predicted octanol–water partition coefficient (Wildman–Crippen LogP) is 2.87. The van der Waals surface area contributed by atoms with E-state index in [1.165, 1.54) is 0 Å². The van der Waals surface area contributed by atoms with Gasteiger partial charge in [0.25, 0.3) is 0 Å². The molecule has 90 valence electrons. The molecule has 0 bridgehead atoms. The van der Waals surface area contributed by atoms with Crippen molar-refractivity contribution in [3.63, 3.8) is 0 Å². The van der Waals surface area contributed by atoms with Crippen LogP contribution in [0.25, 0.3) is 11.2 Å². The van der Waals surface area contributed by atoms with Crippen LogP contribution in [0.5, 0.6) is 0 Å². The number of aromatic nitrogens is 3. The van der Waals surface area contributed by atoms with Gasteiger partial charge in [-0.1, -0.05) is 20.8 Å². The lowest BCUT2D eigenvalue weighted by Gasteiger charge is -2.23. The monoisotopic (exact) mass is 230 g/mol. The molecule has 0 saturated carbocycles. The van der Waals surface area contributed by atoms with Crippen LogP contribution in [0.2, 0.25) is 0 Å². The molecule has 2 rings (SSSR count). The number of nitrogens with zero attached hydrogens (tertiary/aromatic N) is 3. The van der Waals surface area contributed by atoms with Crippen LogP contribution in [0.4, 0.5) is 5.82 Å². The summed E-state index contributed by atoms with van der Waals surface area (Å²) in [6.45, 7) is 7.57. The first-order valence-corrected chi connectivity index (χ1v) is 5.92. The van der Waals surface area contributed by atoms with Gasteiger partial charge in [0.15, 0.2) is 5.65 Å². The third-order valence-electron chi connectivity index (χ3n) is 3.04. The topological polar surface area (TPSA) is 50.7 Å². The van der Waals surface area contributed by atoms with Crippen molar-refractivity contribution in [1.29, 1.82) is 0 Å². The Morgan fingerprint density at radius 3 is 2.71 bits per heavy atom. The fourth-order valence-corrected chi connectivity index (χ4v) is 1.41. The highest BCUT2D eigenvalue weighted by Gasteiger charge is 2.14. The van der Waals surface area contributed by atoms with Gasteiger partial charge in [0.2, 0.25) is 0 Å². The van der Waals surface area contributed by atoms with Gasteiger partial charge < -0.3 is 5.32 Å². The first kappa shape index (κ1) is 11.8. The lowest BCUT2D eigenvalue weighted by molar-refractivity contribution is 0.376. The smallest absolute Gasteiger partial charge is 0.180 e. The highest BCUT2D eigenvalue weighted by molar-refractivity contribution is 5.71. The summed E-state index contributed by atoms with van der Waals surface area (Å²) in [5, 5.41) is 3.35. The molecule has 4 nitrogen and oxygen atoms in total. The van der Waals surface area contributed by atoms with E-state index in [-0.39, 0.29) is 5.41 Å². The summed E-state index contributed by atoms with van der Waals surface area (Å²) >= 11 is 0. The molecule has 4 heteroatoms. The molecule has 0 aromatic carbocycles. The molecular weight excluding hydrogens is 212 g/mol. The van der Waals surface area contributed by atoms with Crippen LogP contribution in [-0.4, -0.2) is 21.5 Å². The summed E-state index contributed by atoms with van der Waals surface area (Å²) in [5.74, 6) is 0.861. The minimum Gasteiger partial charge on any atom is -0.369 e. The molecule has 0 fully saturated rings. The molecule has 0 radical (unpaired) electrons. The molecule has 0 spiro atoms. The van der Waals surface area contributed by atoms with Gasteiger partial charge in [-0.15, -0.1) is 0 Å². The van der Waals surface area contributed by atoms with E-state index < -0.39 is 0 Å². The largest absolute Gasteiger partial charge is 0.369 e. The van der Waals surface area contributed by atoms with E-state index in [4.69, 9.17) is 0 Å². The molecule has 0 saturated heterocycles. The van der Waals surface area contributed by atoms with E-state index in [9.17, 15) is 0 Å². The average Bonchev–Trinajstić information content (AvgIpc) is 2.36. The van der Waals surface area contributed by atoms with E-state index in [1.807, 2.05) is 12.1 Å². The zero-order valence-electron chi connectivity index (χ0n) is 10.6. The van der Waals surface area contributed by atoms with E-state index in [0.29, 0.717) is 5.65 Å². The highest BCUT2D eigenvalue weighted by Crippen LogP contribution is 2.20. The van der Waals surface area contributed by atoms with E-state index in [2.05, 4.69) is 41.0 Å². The normalized spacial score (nSPS) is 11.7. The predicted molar refractivity (Wildman–Crippen MR) is 69.9 cm³/mol. The zero-order chi connectivity index (χ0) is 12.3. The van der Waals surface area contributed by atoms with Crippen molar-refractivity contribution in [3.05, 3.63) is 24.5 Å². The van der Waals surface area contributed by atoms with Crippen molar-refractivity contribution < 1.29 is 0 Å². The average molecular weight is 230 g/mol. The fourth-order valence-electron chi connectivity index (χ4n) is 1.41. The molecule has 0 aliphatic rings. The SMILES string of the molecule is CCC(C)(C)CNc1ccc2nccnc2n1. The number of hydrogen-bond acceptors (Lipinski definition) is 4. The molecule has 0 aliphatic carbocycles. The van der Waals surface area contributed by atoms with Crippen molar-refractivity contribution in [2.75, 3.05) is 11.9 Å². The highest BCUT2D eigenvalue weighted by atomic mass is 15.0. The Morgan fingerprint density at radius 1 is 1.18 bits per heavy atom. The molecule has 1 N–H and O–H groups in total. The minimum atomic E-state index is 0.277. The standard InChI is InChI=1S/C13H18N4/c1-4-13(2,3)9-16-11-6-5-10-12(17-11)15-8-7-14-10/h5-8H,4,9H2,1-3H3,(H,15,16,17). The van der Waals surface area contributed by atoms with Crippen LogP contribution in [0.1, 0.15) is 27.2 Å². The van der Waals surface area contributed by atoms with Gasteiger partial charge >= 0.3 is 0 Å². The second-order valence-electron chi connectivity index (χ2n) is 4.97. The Morgan fingerprint density at radius 2 is 1.94 bits per heavy atom. The maximum Gasteiger partial charge on any atom is 0.180 e. The van der Waals surface area contributed by atoms with Crippen LogP contribution in [0.15, 0.2) is 24.5 Å². The summed E-state index contributed by atoms with van der Waals surface area (Å²) in [6, 6.07) is 3.89. The summed E-state index contributed by atoms with van der Waals surface area (Å²) < 4.78 is 0. The molecule has 0 aliphatic heterocycles. The number of pyridine rings is 1. The lowest BCUT2D eigenvalue weighted by Crippen LogP contribution is -2.22. The van der Waals surface area contributed by atoms with Crippen molar-refractivity contribution in [3.8, 4) is 0 Å². The Balaban J connectivity index is 2.14. The van der Waals surface area contributed by atoms with Crippen molar-refractivity contribution in [2.24, 2.45) is 5.41 Å².